The molecule has 1 amide bonds. The topological polar surface area (TPSA) is 58.4 Å². The van der Waals surface area contributed by atoms with Gasteiger partial charge in [0.1, 0.15) is 0 Å². The van der Waals surface area contributed by atoms with E-state index in [9.17, 15) is 9.90 Å². The van der Waals surface area contributed by atoms with Gasteiger partial charge in [-0.25, -0.2) is 0 Å². The molecule has 124 valence electrons. The van der Waals surface area contributed by atoms with Crippen molar-refractivity contribution >= 4 is 5.91 Å². The van der Waals surface area contributed by atoms with Gasteiger partial charge in [-0.1, -0.05) is 13.8 Å². The van der Waals surface area contributed by atoms with Crippen LogP contribution in [-0.2, 0) is 5.54 Å². The Morgan fingerprint density at radius 2 is 2.14 bits per heavy atom. The summed E-state index contributed by atoms with van der Waals surface area (Å²) < 4.78 is 1.97. The van der Waals surface area contributed by atoms with E-state index in [0.717, 1.165) is 25.1 Å². The smallest absolute Gasteiger partial charge is 0.274 e. The van der Waals surface area contributed by atoms with E-state index in [1.165, 1.54) is 0 Å². The van der Waals surface area contributed by atoms with Gasteiger partial charge in [-0.2, -0.15) is 5.10 Å². The SMILES string of the molecule is CC(C)c1cc(C(=O)N2CCCC(CO)C2)nn1C(C)(C)C. The maximum absolute atomic E-state index is 12.7. The Labute approximate surface area is 133 Å². The summed E-state index contributed by atoms with van der Waals surface area (Å²) in [5, 5.41) is 13.9. The van der Waals surface area contributed by atoms with Gasteiger partial charge in [-0.3, -0.25) is 9.48 Å². The summed E-state index contributed by atoms with van der Waals surface area (Å²) in [6.07, 6.45) is 1.95. The number of hydrogen-bond donors (Lipinski definition) is 1. The van der Waals surface area contributed by atoms with E-state index in [1.807, 2.05) is 15.6 Å². The molecule has 0 spiro atoms. The number of carbonyl (C=O) groups is 1. The lowest BCUT2D eigenvalue weighted by atomic mass is 9.99. The van der Waals surface area contributed by atoms with Crippen LogP contribution in [0, 0.1) is 5.92 Å². The maximum atomic E-state index is 12.7. The summed E-state index contributed by atoms with van der Waals surface area (Å²) in [6.45, 7) is 12.1. The monoisotopic (exact) mass is 307 g/mol. The Morgan fingerprint density at radius 3 is 2.64 bits per heavy atom. The lowest BCUT2D eigenvalue weighted by Crippen LogP contribution is -2.41. The van der Waals surface area contributed by atoms with Crippen LogP contribution in [0.2, 0.25) is 0 Å². The highest BCUT2D eigenvalue weighted by Crippen LogP contribution is 2.25. The summed E-state index contributed by atoms with van der Waals surface area (Å²) in [7, 11) is 0. The van der Waals surface area contributed by atoms with Gasteiger partial charge in [-0.15, -0.1) is 0 Å². The number of likely N-dealkylation sites (tertiary alicyclic amines) is 1. The third-order valence-electron chi connectivity index (χ3n) is 4.25. The number of hydrogen-bond acceptors (Lipinski definition) is 3. The molecule has 1 unspecified atom stereocenters. The molecule has 1 atom stereocenters. The molecule has 1 fully saturated rings. The highest BCUT2D eigenvalue weighted by Gasteiger charge is 2.28. The Bertz CT molecular complexity index is 528. The van der Waals surface area contributed by atoms with E-state index >= 15 is 0 Å². The summed E-state index contributed by atoms with van der Waals surface area (Å²) in [5.41, 5.74) is 1.47. The van der Waals surface area contributed by atoms with Gasteiger partial charge in [0.2, 0.25) is 0 Å². The van der Waals surface area contributed by atoms with Crippen molar-refractivity contribution < 1.29 is 9.90 Å². The number of piperidine rings is 1. The van der Waals surface area contributed by atoms with Crippen LogP contribution >= 0.6 is 0 Å². The third kappa shape index (κ3) is 3.51. The molecule has 1 N–H and O–H groups in total. The second kappa shape index (κ2) is 6.41. The van der Waals surface area contributed by atoms with Crippen molar-refractivity contribution in [3.63, 3.8) is 0 Å². The van der Waals surface area contributed by atoms with Crippen LogP contribution in [0.25, 0.3) is 0 Å². The predicted octanol–water partition coefficient (Wildman–Crippen LogP) is 2.61. The number of aliphatic hydroxyl groups excluding tert-OH is 1. The molecule has 22 heavy (non-hydrogen) atoms. The first-order chi connectivity index (χ1) is 10.2. The second-order valence-electron chi connectivity index (χ2n) is 7.63. The minimum Gasteiger partial charge on any atom is -0.396 e. The van der Waals surface area contributed by atoms with Gasteiger partial charge >= 0.3 is 0 Å². The molecule has 1 aromatic rings. The molecule has 1 aromatic heterocycles. The predicted molar refractivity (Wildman–Crippen MR) is 87.0 cm³/mol. The van der Waals surface area contributed by atoms with Gasteiger partial charge in [0.15, 0.2) is 5.69 Å². The largest absolute Gasteiger partial charge is 0.396 e. The highest BCUT2D eigenvalue weighted by atomic mass is 16.3. The Hall–Kier alpha value is -1.36. The summed E-state index contributed by atoms with van der Waals surface area (Å²) in [5.74, 6) is 0.509. The van der Waals surface area contributed by atoms with Crippen LogP contribution in [0.1, 0.15) is 69.6 Å². The Morgan fingerprint density at radius 1 is 1.45 bits per heavy atom. The summed E-state index contributed by atoms with van der Waals surface area (Å²) >= 11 is 0. The first kappa shape index (κ1) is 17.0. The number of aromatic nitrogens is 2. The third-order valence-corrected chi connectivity index (χ3v) is 4.25. The van der Waals surface area contributed by atoms with Crippen molar-refractivity contribution in [2.24, 2.45) is 5.92 Å². The second-order valence-corrected chi connectivity index (χ2v) is 7.63. The Balaban J connectivity index is 2.27. The zero-order valence-electron chi connectivity index (χ0n) is 14.5. The minimum atomic E-state index is -0.145. The molecule has 5 nitrogen and oxygen atoms in total. The minimum absolute atomic E-state index is 0.0111. The van der Waals surface area contributed by atoms with Crippen molar-refractivity contribution in [1.82, 2.24) is 14.7 Å². The number of aliphatic hydroxyl groups is 1. The molecule has 0 aliphatic carbocycles. The molecule has 2 heterocycles. The van der Waals surface area contributed by atoms with Crippen molar-refractivity contribution in [3.8, 4) is 0 Å². The van der Waals surface area contributed by atoms with Gasteiger partial charge in [0, 0.05) is 25.4 Å². The molecule has 0 radical (unpaired) electrons. The van der Waals surface area contributed by atoms with E-state index in [4.69, 9.17) is 0 Å². The van der Waals surface area contributed by atoms with Gasteiger partial charge in [0.25, 0.3) is 5.91 Å². The number of rotatable bonds is 3. The van der Waals surface area contributed by atoms with Crippen molar-refractivity contribution in [2.45, 2.75) is 58.9 Å². The van der Waals surface area contributed by atoms with Crippen molar-refractivity contribution in [3.05, 3.63) is 17.5 Å². The fourth-order valence-corrected chi connectivity index (χ4v) is 3.01. The average molecular weight is 307 g/mol. The molecule has 0 saturated carbocycles. The standard InChI is InChI=1S/C17H29N3O2/c1-12(2)15-9-14(18-20(15)17(3,4)5)16(22)19-8-6-7-13(10-19)11-21/h9,12-13,21H,6-8,10-11H2,1-5H3. The van der Waals surface area contributed by atoms with Crippen LogP contribution in [0.4, 0.5) is 0 Å². The van der Waals surface area contributed by atoms with Gasteiger partial charge < -0.3 is 10.0 Å². The van der Waals surface area contributed by atoms with Gasteiger partial charge in [0.05, 0.1) is 5.54 Å². The lowest BCUT2D eigenvalue weighted by molar-refractivity contribution is 0.0613. The van der Waals surface area contributed by atoms with Crippen molar-refractivity contribution in [2.75, 3.05) is 19.7 Å². The van der Waals surface area contributed by atoms with E-state index < -0.39 is 0 Å². The van der Waals surface area contributed by atoms with Crippen LogP contribution in [0.3, 0.4) is 0 Å². The molecule has 1 saturated heterocycles. The number of nitrogens with zero attached hydrogens (tertiary/aromatic N) is 3. The molecule has 0 aromatic carbocycles. The fraction of sp³-hybridized carbons (Fsp3) is 0.765. The molecular formula is C17H29N3O2. The molecule has 1 aliphatic rings. The van der Waals surface area contributed by atoms with Gasteiger partial charge in [-0.05, 0) is 51.5 Å². The maximum Gasteiger partial charge on any atom is 0.274 e. The summed E-state index contributed by atoms with van der Waals surface area (Å²) in [4.78, 5) is 14.6. The molecule has 0 bridgehead atoms. The molecular weight excluding hydrogens is 278 g/mol. The Kier molecular flexibility index (Phi) is 4.95. The van der Waals surface area contributed by atoms with E-state index in [2.05, 4.69) is 39.7 Å². The number of amides is 1. The zero-order chi connectivity index (χ0) is 16.5. The fourth-order valence-electron chi connectivity index (χ4n) is 3.01. The zero-order valence-corrected chi connectivity index (χ0v) is 14.5. The van der Waals surface area contributed by atoms with E-state index in [1.54, 1.807) is 0 Å². The van der Waals surface area contributed by atoms with Crippen LogP contribution in [0.15, 0.2) is 6.07 Å². The van der Waals surface area contributed by atoms with Crippen LogP contribution in [-0.4, -0.2) is 45.4 Å². The molecule has 2 rings (SSSR count). The summed E-state index contributed by atoms with van der Waals surface area (Å²) in [6, 6.07) is 1.93. The van der Waals surface area contributed by atoms with E-state index in [-0.39, 0.29) is 24.0 Å². The first-order valence-corrected chi connectivity index (χ1v) is 8.24. The van der Waals surface area contributed by atoms with E-state index in [0.29, 0.717) is 18.2 Å². The average Bonchev–Trinajstić information content (AvgIpc) is 2.92. The first-order valence-electron chi connectivity index (χ1n) is 8.24. The quantitative estimate of drug-likeness (QED) is 0.934. The molecule has 1 aliphatic heterocycles. The van der Waals surface area contributed by atoms with Crippen LogP contribution < -0.4 is 0 Å². The number of carbonyl (C=O) groups excluding carboxylic acids is 1. The van der Waals surface area contributed by atoms with Crippen molar-refractivity contribution in [1.29, 1.82) is 0 Å². The lowest BCUT2D eigenvalue weighted by Gasteiger charge is -2.31. The highest BCUT2D eigenvalue weighted by molar-refractivity contribution is 5.92. The van der Waals surface area contributed by atoms with Crippen LogP contribution in [0.5, 0.6) is 0 Å². The normalized spacial score (nSPS) is 19.8. The molecule has 5 heteroatoms.